The van der Waals surface area contributed by atoms with Gasteiger partial charge in [-0.25, -0.2) is 0 Å². The standard InChI is InChI=1S/C16H30O/c1-15-12-10-8-6-4-2-3-5-7-9-11-13-16(17)14-15/h8,10,15-17H,2-7,9,11-14H2,1H3/b10-8-. The molecule has 1 heteroatoms. The Hall–Kier alpha value is -0.300. The van der Waals surface area contributed by atoms with Crippen molar-refractivity contribution >= 4 is 0 Å². The van der Waals surface area contributed by atoms with Crippen molar-refractivity contribution in [2.24, 2.45) is 5.92 Å². The second kappa shape index (κ2) is 9.70. The molecule has 100 valence electrons. The lowest BCUT2D eigenvalue weighted by Crippen LogP contribution is -2.11. The predicted molar refractivity (Wildman–Crippen MR) is 75.1 cm³/mol. The van der Waals surface area contributed by atoms with Crippen LogP contribution in [-0.2, 0) is 0 Å². The molecule has 0 aromatic rings. The van der Waals surface area contributed by atoms with Crippen LogP contribution in [0.1, 0.15) is 77.6 Å². The highest BCUT2D eigenvalue weighted by Gasteiger charge is 2.09. The van der Waals surface area contributed by atoms with E-state index in [1.165, 1.54) is 51.4 Å². The maximum atomic E-state index is 9.92. The number of rotatable bonds is 0. The summed E-state index contributed by atoms with van der Waals surface area (Å²) in [5.41, 5.74) is 0. The van der Waals surface area contributed by atoms with E-state index in [4.69, 9.17) is 0 Å². The summed E-state index contributed by atoms with van der Waals surface area (Å²) in [6, 6.07) is 0. The summed E-state index contributed by atoms with van der Waals surface area (Å²) >= 11 is 0. The topological polar surface area (TPSA) is 20.2 Å². The molecule has 1 aliphatic carbocycles. The van der Waals surface area contributed by atoms with Crippen molar-refractivity contribution in [2.45, 2.75) is 83.7 Å². The van der Waals surface area contributed by atoms with Crippen molar-refractivity contribution in [1.82, 2.24) is 0 Å². The summed E-state index contributed by atoms with van der Waals surface area (Å²) in [7, 11) is 0. The largest absolute Gasteiger partial charge is 0.393 e. The van der Waals surface area contributed by atoms with Gasteiger partial charge in [0.1, 0.15) is 0 Å². The van der Waals surface area contributed by atoms with E-state index in [1.807, 2.05) is 0 Å². The molecule has 0 aliphatic heterocycles. The molecule has 0 aromatic heterocycles. The lowest BCUT2D eigenvalue weighted by atomic mass is 9.96. The van der Waals surface area contributed by atoms with Crippen molar-refractivity contribution in [3.05, 3.63) is 12.2 Å². The summed E-state index contributed by atoms with van der Waals surface area (Å²) in [6.07, 6.45) is 18.4. The molecule has 0 radical (unpaired) electrons. The molecule has 1 aliphatic rings. The third-order valence-electron chi connectivity index (χ3n) is 3.79. The monoisotopic (exact) mass is 238 g/mol. The number of allylic oxidation sites excluding steroid dienone is 2. The van der Waals surface area contributed by atoms with Gasteiger partial charge in [0, 0.05) is 0 Å². The van der Waals surface area contributed by atoms with Crippen LogP contribution in [0.2, 0.25) is 0 Å². The van der Waals surface area contributed by atoms with Crippen LogP contribution in [0, 0.1) is 5.92 Å². The summed E-state index contributed by atoms with van der Waals surface area (Å²) < 4.78 is 0. The molecule has 0 saturated carbocycles. The van der Waals surface area contributed by atoms with Crippen LogP contribution >= 0.6 is 0 Å². The molecule has 0 aromatic carbocycles. The summed E-state index contributed by atoms with van der Waals surface area (Å²) in [5, 5.41) is 9.92. The fraction of sp³-hybridized carbons (Fsp3) is 0.875. The summed E-state index contributed by atoms with van der Waals surface area (Å²) in [4.78, 5) is 0. The van der Waals surface area contributed by atoms with E-state index in [9.17, 15) is 5.11 Å². The van der Waals surface area contributed by atoms with E-state index in [0.29, 0.717) is 5.92 Å². The van der Waals surface area contributed by atoms with Crippen molar-refractivity contribution in [3.8, 4) is 0 Å². The van der Waals surface area contributed by atoms with Crippen LogP contribution < -0.4 is 0 Å². The van der Waals surface area contributed by atoms with Crippen LogP contribution in [0.3, 0.4) is 0 Å². The molecule has 0 amide bonds. The summed E-state index contributed by atoms with van der Waals surface area (Å²) in [6.45, 7) is 2.26. The Morgan fingerprint density at radius 2 is 1.53 bits per heavy atom. The molecule has 2 unspecified atom stereocenters. The van der Waals surface area contributed by atoms with Crippen LogP contribution in [0.5, 0.6) is 0 Å². The molecule has 0 spiro atoms. The molecule has 0 heterocycles. The van der Waals surface area contributed by atoms with Crippen molar-refractivity contribution in [2.75, 3.05) is 0 Å². The fourth-order valence-corrected chi connectivity index (χ4v) is 2.65. The Kier molecular flexibility index (Phi) is 8.42. The Morgan fingerprint density at radius 3 is 2.29 bits per heavy atom. The second-order valence-electron chi connectivity index (χ2n) is 5.75. The van der Waals surface area contributed by atoms with E-state index >= 15 is 0 Å². The van der Waals surface area contributed by atoms with E-state index in [2.05, 4.69) is 19.1 Å². The van der Waals surface area contributed by atoms with Gasteiger partial charge in [-0.2, -0.15) is 0 Å². The van der Waals surface area contributed by atoms with Gasteiger partial charge in [-0.05, 0) is 38.0 Å². The Bertz CT molecular complexity index is 198. The van der Waals surface area contributed by atoms with Crippen molar-refractivity contribution in [3.63, 3.8) is 0 Å². The molecule has 0 bridgehead atoms. The van der Waals surface area contributed by atoms with Gasteiger partial charge in [0.15, 0.2) is 0 Å². The molecule has 1 nitrogen and oxygen atoms in total. The molecular formula is C16H30O. The lowest BCUT2D eigenvalue weighted by molar-refractivity contribution is 0.133. The first-order chi connectivity index (χ1) is 8.29. The maximum absolute atomic E-state index is 9.92. The highest BCUT2D eigenvalue weighted by molar-refractivity contribution is 4.83. The van der Waals surface area contributed by atoms with Crippen molar-refractivity contribution < 1.29 is 5.11 Å². The van der Waals surface area contributed by atoms with Gasteiger partial charge in [-0.1, -0.05) is 57.6 Å². The van der Waals surface area contributed by atoms with Crippen molar-refractivity contribution in [1.29, 1.82) is 0 Å². The Morgan fingerprint density at radius 1 is 0.882 bits per heavy atom. The quantitative estimate of drug-likeness (QED) is 0.598. The van der Waals surface area contributed by atoms with Crippen LogP contribution in [0.15, 0.2) is 12.2 Å². The third-order valence-corrected chi connectivity index (χ3v) is 3.79. The van der Waals surface area contributed by atoms with Gasteiger partial charge in [0.25, 0.3) is 0 Å². The first-order valence-corrected chi connectivity index (χ1v) is 7.62. The zero-order valence-electron chi connectivity index (χ0n) is 11.5. The highest BCUT2D eigenvalue weighted by Crippen LogP contribution is 2.17. The second-order valence-corrected chi connectivity index (χ2v) is 5.75. The normalized spacial score (nSPS) is 32.4. The molecular weight excluding hydrogens is 208 g/mol. The SMILES string of the molecule is CC1C/C=C\CCCCCCCCCC(O)C1. The van der Waals surface area contributed by atoms with Gasteiger partial charge in [0.05, 0.1) is 6.10 Å². The Labute approximate surface area is 107 Å². The maximum Gasteiger partial charge on any atom is 0.0542 e. The number of hydrogen-bond acceptors (Lipinski definition) is 1. The average Bonchev–Trinajstić information content (AvgIpc) is 2.30. The third kappa shape index (κ3) is 8.43. The number of aliphatic hydroxyl groups excluding tert-OH is 1. The first-order valence-electron chi connectivity index (χ1n) is 7.62. The molecule has 17 heavy (non-hydrogen) atoms. The van der Waals surface area contributed by atoms with Gasteiger partial charge in [-0.15, -0.1) is 0 Å². The van der Waals surface area contributed by atoms with E-state index in [-0.39, 0.29) is 6.10 Å². The van der Waals surface area contributed by atoms with E-state index in [1.54, 1.807) is 0 Å². The Balaban J connectivity index is 2.28. The molecule has 1 N–H and O–H groups in total. The zero-order valence-corrected chi connectivity index (χ0v) is 11.5. The highest BCUT2D eigenvalue weighted by atomic mass is 16.3. The van der Waals surface area contributed by atoms with Crippen LogP contribution in [0.25, 0.3) is 0 Å². The minimum Gasteiger partial charge on any atom is -0.393 e. The summed E-state index contributed by atoms with van der Waals surface area (Å²) in [5.74, 6) is 0.631. The van der Waals surface area contributed by atoms with Crippen LogP contribution in [0.4, 0.5) is 0 Å². The molecule has 0 fully saturated rings. The first kappa shape index (κ1) is 14.8. The van der Waals surface area contributed by atoms with Gasteiger partial charge in [0.2, 0.25) is 0 Å². The number of hydrogen-bond donors (Lipinski definition) is 1. The van der Waals surface area contributed by atoms with Crippen LogP contribution in [-0.4, -0.2) is 11.2 Å². The van der Waals surface area contributed by atoms with Gasteiger partial charge < -0.3 is 5.11 Å². The smallest absolute Gasteiger partial charge is 0.0542 e. The number of aliphatic hydroxyl groups is 1. The minimum atomic E-state index is -0.0662. The lowest BCUT2D eigenvalue weighted by Gasteiger charge is -2.14. The molecule has 1 rings (SSSR count). The average molecular weight is 238 g/mol. The fourth-order valence-electron chi connectivity index (χ4n) is 2.65. The minimum absolute atomic E-state index is 0.0662. The molecule has 0 saturated heterocycles. The van der Waals surface area contributed by atoms with Gasteiger partial charge in [-0.3, -0.25) is 0 Å². The zero-order chi connectivity index (χ0) is 12.3. The van der Waals surface area contributed by atoms with E-state index in [0.717, 1.165) is 19.3 Å². The van der Waals surface area contributed by atoms with E-state index < -0.39 is 0 Å². The van der Waals surface area contributed by atoms with Gasteiger partial charge >= 0.3 is 0 Å². The molecule has 2 atom stereocenters. The predicted octanol–water partition coefficient (Wildman–Crippen LogP) is 4.84.